The number of anilines is 1. The first-order chi connectivity index (χ1) is 11.8. The Kier molecular flexibility index (Phi) is 6.13. The number of amides is 1. The van der Waals surface area contributed by atoms with Crippen LogP contribution >= 0.6 is 11.8 Å². The molecule has 1 aromatic carbocycles. The topological polar surface area (TPSA) is 51.2 Å². The van der Waals surface area contributed by atoms with Gasteiger partial charge in [-0.2, -0.15) is 0 Å². The molecule has 24 heavy (non-hydrogen) atoms. The molecule has 0 fully saturated rings. The van der Waals surface area contributed by atoms with Crippen molar-refractivity contribution in [1.29, 1.82) is 0 Å². The second-order valence-corrected chi connectivity index (χ2v) is 6.91. The number of carbonyl (C=O) groups is 1. The van der Waals surface area contributed by atoms with E-state index in [2.05, 4.69) is 10.3 Å². The number of hydrogen-bond donors (Lipinski definition) is 1. The van der Waals surface area contributed by atoms with Crippen LogP contribution in [0.2, 0.25) is 0 Å². The van der Waals surface area contributed by atoms with Crippen LogP contribution < -0.4 is 10.1 Å². The molecule has 0 radical (unpaired) electrons. The van der Waals surface area contributed by atoms with E-state index in [-0.39, 0.29) is 5.91 Å². The predicted molar refractivity (Wildman–Crippen MR) is 97.7 cm³/mol. The Balaban J connectivity index is 1.31. The molecule has 126 valence electrons. The van der Waals surface area contributed by atoms with E-state index in [4.69, 9.17) is 4.74 Å². The van der Waals surface area contributed by atoms with Crippen molar-refractivity contribution < 1.29 is 9.53 Å². The Morgan fingerprint density at radius 1 is 1.12 bits per heavy atom. The zero-order valence-corrected chi connectivity index (χ0v) is 14.5. The highest BCUT2D eigenvalue weighted by atomic mass is 32.2. The smallest absolute Gasteiger partial charge is 0.224 e. The molecular weight excluding hydrogens is 320 g/mol. The molecule has 2 aromatic rings. The molecule has 2 heterocycles. The molecule has 4 nitrogen and oxygen atoms in total. The summed E-state index contributed by atoms with van der Waals surface area (Å²) in [4.78, 5) is 15.7. The number of aromatic nitrogens is 1. The number of nitrogens with one attached hydrogen (secondary N) is 1. The predicted octanol–water partition coefficient (Wildman–Crippen LogP) is 4.31. The maximum Gasteiger partial charge on any atom is 0.224 e. The lowest BCUT2D eigenvalue weighted by Crippen LogP contribution is -2.18. The molecule has 3 rings (SSSR count). The van der Waals surface area contributed by atoms with E-state index in [1.807, 2.05) is 42.6 Å². The summed E-state index contributed by atoms with van der Waals surface area (Å²) in [5.74, 6) is 2.09. The van der Waals surface area contributed by atoms with Crippen molar-refractivity contribution in [3.05, 3.63) is 48.2 Å². The van der Waals surface area contributed by atoms with E-state index in [1.54, 1.807) is 11.8 Å². The van der Waals surface area contributed by atoms with Crippen molar-refractivity contribution in [2.75, 3.05) is 17.7 Å². The van der Waals surface area contributed by atoms with Gasteiger partial charge in [0.2, 0.25) is 5.91 Å². The van der Waals surface area contributed by atoms with Crippen LogP contribution in [0.4, 0.5) is 5.69 Å². The van der Waals surface area contributed by atoms with Gasteiger partial charge in [0.05, 0.1) is 11.6 Å². The van der Waals surface area contributed by atoms with Crippen LogP contribution in [0.5, 0.6) is 5.75 Å². The fraction of sp³-hybridized carbons (Fsp3) is 0.368. The van der Waals surface area contributed by atoms with Crippen molar-refractivity contribution in [3.8, 4) is 5.75 Å². The van der Waals surface area contributed by atoms with Gasteiger partial charge in [0.1, 0.15) is 5.75 Å². The first-order valence-corrected chi connectivity index (χ1v) is 9.39. The lowest BCUT2D eigenvalue weighted by Gasteiger charge is -2.17. The van der Waals surface area contributed by atoms with Gasteiger partial charge < -0.3 is 10.1 Å². The zero-order valence-electron chi connectivity index (χ0n) is 13.7. The van der Waals surface area contributed by atoms with Crippen molar-refractivity contribution >= 4 is 23.4 Å². The summed E-state index contributed by atoms with van der Waals surface area (Å²) in [6, 6.07) is 11.9. The highest BCUT2D eigenvalue weighted by Crippen LogP contribution is 2.27. The van der Waals surface area contributed by atoms with Gasteiger partial charge in [-0.05, 0) is 67.3 Å². The summed E-state index contributed by atoms with van der Waals surface area (Å²) in [7, 11) is 0. The molecule has 0 atom stereocenters. The minimum Gasteiger partial charge on any atom is -0.494 e. The van der Waals surface area contributed by atoms with Gasteiger partial charge in [-0.15, -0.1) is 11.8 Å². The molecule has 5 heteroatoms. The summed E-state index contributed by atoms with van der Waals surface area (Å²) in [6.45, 7) is 0.736. The molecule has 0 saturated heterocycles. The van der Waals surface area contributed by atoms with Gasteiger partial charge in [0.25, 0.3) is 0 Å². The van der Waals surface area contributed by atoms with Crippen LogP contribution in [0.3, 0.4) is 0 Å². The Bertz CT molecular complexity index is 676. The number of thioether (sulfide) groups is 1. The van der Waals surface area contributed by atoms with E-state index in [9.17, 15) is 4.79 Å². The van der Waals surface area contributed by atoms with Gasteiger partial charge in [-0.3, -0.25) is 4.79 Å². The molecule has 0 aliphatic carbocycles. The standard InChI is InChI=1S/C19H22N2O2S/c22-18-10-7-15-14-16(8-9-17(15)21-18)23-12-4-1-5-13-24-19-6-2-3-11-20-19/h2-3,6,8-9,11,14H,1,4-5,7,10,12-13H2,(H,21,22). The highest BCUT2D eigenvalue weighted by Gasteiger charge is 2.14. The number of pyridine rings is 1. The second kappa shape index (κ2) is 8.73. The Morgan fingerprint density at radius 3 is 2.96 bits per heavy atom. The van der Waals surface area contributed by atoms with Gasteiger partial charge >= 0.3 is 0 Å². The summed E-state index contributed by atoms with van der Waals surface area (Å²) < 4.78 is 5.83. The number of benzene rings is 1. The van der Waals surface area contributed by atoms with E-state index in [0.717, 1.165) is 48.1 Å². The number of fused-ring (bicyclic) bond motifs is 1. The Labute approximate surface area is 147 Å². The second-order valence-electron chi connectivity index (χ2n) is 5.79. The van der Waals surface area contributed by atoms with Gasteiger partial charge in [-0.25, -0.2) is 4.98 Å². The number of unbranched alkanes of at least 4 members (excludes halogenated alkanes) is 2. The molecule has 0 unspecified atom stereocenters. The molecule has 0 spiro atoms. The molecule has 0 saturated carbocycles. The maximum atomic E-state index is 11.4. The van der Waals surface area contributed by atoms with Crippen LogP contribution in [-0.2, 0) is 11.2 Å². The molecular formula is C19H22N2O2S. The number of carbonyl (C=O) groups excluding carboxylic acids is 1. The Morgan fingerprint density at radius 2 is 2.08 bits per heavy atom. The number of ether oxygens (including phenoxy) is 1. The summed E-state index contributed by atoms with van der Waals surface area (Å²) >= 11 is 1.80. The molecule has 0 bridgehead atoms. The average Bonchev–Trinajstić information content (AvgIpc) is 2.62. The van der Waals surface area contributed by atoms with Crippen LogP contribution in [-0.4, -0.2) is 23.3 Å². The fourth-order valence-electron chi connectivity index (χ4n) is 2.63. The summed E-state index contributed by atoms with van der Waals surface area (Å²) in [6.07, 6.45) is 6.56. The lowest BCUT2D eigenvalue weighted by atomic mass is 10.0. The summed E-state index contributed by atoms with van der Waals surface area (Å²) in [5, 5.41) is 3.98. The molecule has 1 N–H and O–H groups in total. The minimum atomic E-state index is 0.0970. The van der Waals surface area contributed by atoms with Crippen LogP contribution in [0.1, 0.15) is 31.2 Å². The highest BCUT2D eigenvalue weighted by molar-refractivity contribution is 7.99. The third-order valence-electron chi connectivity index (χ3n) is 3.92. The minimum absolute atomic E-state index is 0.0970. The van der Waals surface area contributed by atoms with Crippen molar-refractivity contribution in [3.63, 3.8) is 0 Å². The molecule has 1 amide bonds. The zero-order chi connectivity index (χ0) is 16.6. The lowest BCUT2D eigenvalue weighted by molar-refractivity contribution is -0.116. The number of aryl methyl sites for hydroxylation is 1. The van der Waals surface area contributed by atoms with Crippen LogP contribution in [0.15, 0.2) is 47.6 Å². The Hall–Kier alpha value is -2.01. The third kappa shape index (κ3) is 4.99. The first kappa shape index (κ1) is 16.8. The largest absolute Gasteiger partial charge is 0.494 e. The molecule has 1 aromatic heterocycles. The maximum absolute atomic E-state index is 11.4. The SMILES string of the molecule is O=C1CCc2cc(OCCCCCSc3ccccn3)ccc2N1. The van der Waals surface area contributed by atoms with Gasteiger partial charge in [0, 0.05) is 18.3 Å². The third-order valence-corrected chi connectivity index (χ3v) is 4.95. The van der Waals surface area contributed by atoms with Crippen molar-refractivity contribution in [1.82, 2.24) is 4.98 Å². The first-order valence-electron chi connectivity index (χ1n) is 8.41. The number of nitrogens with zero attached hydrogens (tertiary/aromatic N) is 1. The van der Waals surface area contributed by atoms with E-state index < -0.39 is 0 Å². The van der Waals surface area contributed by atoms with Crippen molar-refractivity contribution in [2.24, 2.45) is 0 Å². The van der Waals surface area contributed by atoms with Crippen LogP contribution in [0, 0.1) is 0 Å². The number of hydrogen-bond acceptors (Lipinski definition) is 4. The van der Waals surface area contributed by atoms with E-state index in [1.165, 1.54) is 12.0 Å². The van der Waals surface area contributed by atoms with E-state index >= 15 is 0 Å². The number of rotatable bonds is 8. The molecule has 1 aliphatic rings. The van der Waals surface area contributed by atoms with Crippen molar-refractivity contribution in [2.45, 2.75) is 37.1 Å². The normalized spacial score (nSPS) is 13.2. The van der Waals surface area contributed by atoms with E-state index in [0.29, 0.717) is 6.42 Å². The van der Waals surface area contributed by atoms with Crippen LogP contribution in [0.25, 0.3) is 0 Å². The fourth-order valence-corrected chi connectivity index (χ4v) is 3.50. The van der Waals surface area contributed by atoms with Gasteiger partial charge in [-0.1, -0.05) is 6.07 Å². The summed E-state index contributed by atoms with van der Waals surface area (Å²) in [5.41, 5.74) is 2.09. The van der Waals surface area contributed by atoms with Gasteiger partial charge in [0.15, 0.2) is 0 Å². The quantitative estimate of drug-likeness (QED) is 0.574. The monoisotopic (exact) mass is 342 g/mol. The molecule has 1 aliphatic heterocycles. The average molecular weight is 342 g/mol.